The van der Waals surface area contributed by atoms with Crippen molar-refractivity contribution < 1.29 is 18.0 Å². The molecule has 0 aliphatic heterocycles. The van der Waals surface area contributed by atoms with Crippen LogP contribution in [0.2, 0.25) is 5.02 Å². The van der Waals surface area contributed by atoms with Crippen LogP contribution in [0.4, 0.5) is 5.69 Å². The molecule has 0 heterocycles. The van der Waals surface area contributed by atoms with E-state index in [1.54, 1.807) is 30.0 Å². The molecule has 2 aromatic rings. The summed E-state index contributed by atoms with van der Waals surface area (Å²) < 4.78 is 26.4. The molecule has 2 aromatic carbocycles. The minimum Gasteiger partial charge on any atom is -0.352 e. The van der Waals surface area contributed by atoms with Crippen molar-refractivity contribution in [2.45, 2.75) is 71.9 Å². The molecule has 2 atom stereocenters. The summed E-state index contributed by atoms with van der Waals surface area (Å²) in [6.45, 7) is 8.15. The molecule has 0 bridgehead atoms. The van der Waals surface area contributed by atoms with E-state index in [-0.39, 0.29) is 30.8 Å². The Hall–Kier alpha value is -2.58. The zero-order valence-corrected chi connectivity index (χ0v) is 24.1. The number of hydrogen-bond donors (Lipinski definition) is 1. The van der Waals surface area contributed by atoms with Crippen molar-refractivity contribution in [3.05, 3.63) is 64.7 Å². The smallest absolute Gasteiger partial charge is 0.243 e. The Morgan fingerprint density at radius 2 is 1.68 bits per heavy atom. The van der Waals surface area contributed by atoms with Gasteiger partial charge in [0.2, 0.25) is 21.8 Å². The molecule has 204 valence electrons. The number of hydrogen-bond acceptors (Lipinski definition) is 4. The second-order valence-electron chi connectivity index (χ2n) is 9.39. The van der Waals surface area contributed by atoms with Gasteiger partial charge >= 0.3 is 0 Å². The molecule has 0 spiro atoms. The number of nitrogens with zero attached hydrogens (tertiary/aromatic N) is 2. The van der Waals surface area contributed by atoms with E-state index in [0.29, 0.717) is 42.1 Å². The number of carbonyl (C=O) groups excluding carboxylic acids is 2. The standard InChI is InChI=1S/C28H40ClN3O4S/c1-6-21(3)30-28(34)25(7-2)31(20-18-23-13-9-8-10-14-23)27(33)17-12-19-32(37(5,35)36)26-16-11-15-24(29)22(26)4/h8-11,13-16,21,25H,6-7,12,17-20H2,1-5H3,(H,30,34). The van der Waals surface area contributed by atoms with Gasteiger partial charge in [0.1, 0.15) is 6.04 Å². The number of sulfonamides is 1. The molecule has 0 aliphatic rings. The quantitative estimate of drug-likeness (QED) is 0.361. The first kappa shape index (κ1) is 30.6. The summed E-state index contributed by atoms with van der Waals surface area (Å²) in [5.74, 6) is -0.330. The molecule has 0 saturated heterocycles. The number of rotatable bonds is 14. The summed E-state index contributed by atoms with van der Waals surface area (Å²) in [5, 5.41) is 3.49. The van der Waals surface area contributed by atoms with Gasteiger partial charge < -0.3 is 10.2 Å². The second kappa shape index (κ2) is 14.4. The molecular formula is C28H40ClN3O4S. The second-order valence-corrected chi connectivity index (χ2v) is 11.7. The minimum atomic E-state index is -3.59. The van der Waals surface area contributed by atoms with E-state index in [0.717, 1.165) is 18.2 Å². The first-order chi connectivity index (χ1) is 17.5. The molecule has 2 amide bonds. The molecule has 0 fully saturated rings. The molecule has 2 rings (SSSR count). The van der Waals surface area contributed by atoms with Gasteiger partial charge in [-0.2, -0.15) is 0 Å². The Labute approximate surface area is 227 Å². The van der Waals surface area contributed by atoms with Crippen molar-refractivity contribution in [1.82, 2.24) is 10.2 Å². The lowest BCUT2D eigenvalue weighted by molar-refractivity contribution is -0.141. The van der Waals surface area contributed by atoms with Crippen molar-refractivity contribution in [3.63, 3.8) is 0 Å². The Morgan fingerprint density at radius 1 is 1.00 bits per heavy atom. The maximum Gasteiger partial charge on any atom is 0.243 e. The van der Waals surface area contributed by atoms with Crippen LogP contribution in [0.3, 0.4) is 0 Å². The van der Waals surface area contributed by atoms with E-state index < -0.39 is 16.1 Å². The molecule has 0 radical (unpaired) electrons. The summed E-state index contributed by atoms with van der Waals surface area (Å²) in [6, 6.07) is 14.4. The molecule has 0 aliphatic carbocycles. The maximum absolute atomic E-state index is 13.5. The van der Waals surface area contributed by atoms with Crippen LogP contribution in [0.1, 0.15) is 57.6 Å². The number of amides is 2. The van der Waals surface area contributed by atoms with Gasteiger partial charge in [0.15, 0.2) is 0 Å². The Bertz CT molecular complexity index is 1140. The van der Waals surface area contributed by atoms with E-state index in [1.165, 1.54) is 4.31 Å². The zero-order chi connectivity index (χ0) is 27.6. The molecule has 9 heteroatoms. The first-order valence-electron chi connectivity index (χ1n) is 12.9. The van der Waals surface area contributed by atoms with Gasteiger partial charge in [-0.3, -0.25) is 13.9 Å². The van der Waals surface area contributed by atoms with Gasteiger partial charge in [-0.1, -0.05) is 61.8 Å². The van der Waals surface area contributed by atoms with Crippen LogP contribution in [0.25, 0.3) is 0 Å². The summed E-state index contributed by atoms with van der Waals surface area (Å²) >= 11 is 6.23. The Morgan fingerprint density at radius 3 is 2.27 bits per heavy atom. The average molecular weight is 550 g/mol. The van der Waals surface area contributed by atoms with Gasteiger partial charge in [-0.15, -0.1) is 0 Å². The third-order valence-corrected chi connectivity index (χ3v) is 8.12. The summed E-state index contributed by atoms with van der Waals surface area (Å²) in [5.41, 5.74) is 2.25. The van der Waals surface area contributed by atoms with Crippen LogP contribution in [0.5, 0.6) is 0 Å². The molecule has 2 unspecified atom stereocenters. The molecule has 0 aromatic heterocycles. The molecule has 37 heavy (non-hydrogen) atoms. The number of nitrogens with one attached hydrogen (secondary N) is 1. The third-order valence-electron chi connectivity index (χ3n) is 6.53. The molecule has 1 N–H and O–H groups in total. The van der Waals surface area contributed by atoms with Gasteiger partial charge in [0, 0.05) is 30.6 Å². The Kier molecular flexibility index (Phi) is 11.9. The monoisotopic (exact) mass is 549 g/mol. The number of carbonyl (C=O) groups is 2. The van der Waals surface area contributed by atoms with Crippen molar-refractivity contribution in [3.8, 4) is 0 Å². The van der Waals surface area contributed by atoms with Crippen molar-refractivity contribution >= 4 is 39.1 Å². The van der Waals surface area contributed by atoms with E-state index in [4.69, 9.17) is 11.6 Å². The van der Waals surface area contributed by atoms with Crippen LogP contribution >= 0.6 is 11.6 Å². The largest absolute Gasteiger partial charge is 0.352 e. The van der Waals surface area contributed by atoms with Crippen LogP contribution in [0.15, 0.2) is 48.5 Å². The van der Waals surface area contributed by atoms with Crippen molar-refractivity contribution in [1.29, 1.82) is 0 Å². The summed E-state index contributed by atoms with van der Waals surface area (Å²) in [4.78, 5) is 28.2. The molecular weight excluding hydrogens is 510 g/mol. The third kappa shape index (κ3) is 9.04. The maximum atomic E-state index is 13.5. The molecule has 0 saturated carbocycles. The van der Waals surface area contributed by atoms with Gasteiger partial charge in [-0.25, -0.2) is 8.42 Å². The predicted octanol–water partition coefficient (Wildman–Crippen LogP) is 4.96. The molecule has 7 nitrogen and oxygen atoms in total. The highest BCUT2D eigenvalue weighted by Gasteiger charge is 2.29. The highest BCUT2D eigenvalue weighted by Crippen LogP contribution is 2.28. The highest BCUT2D eigenvalue weighted by molar-refractivity contribution is 7.92. The SMILES string of the molecule is CCC(C)NC(=O)C(CC)N(CCc1ccccc1)C(=O)CCCN(c1cccc(Cl)c1C)S(C)(=O)=O. The number of anilines is 1. The number of halogens is 1. The van der Waals surface area contributed by atoms with E-state index >= 15 is 0 Å². The first-order valence-corrected chi connectivity index (χ1v) is 15.1. The van der Waals surface area contributed by atoms with Crippen LogP contribution in [0, 0.1) is 6.92 Å². The van der Waals surface area contributed by atoms with Crippen LogP contribution in [-0.2, 0) is 26.0 Å². The highest BCUT2D eigenvalue weighted by atomic mass is 35.5. The Balaban J connectivity index is 2.20. The van der Waals surface area contributed by atoms with Crippen molar-refractivity contribution in [2.75, 3.05) is 23.7 Å². The predicted molar refractivity (Wildman–Crippen MR) is 151 cm³/mol. The number of benzene rings is 2. The average Bonchev–Trinajstić information content (AvgIpc) is 2.86. The van der Waals surface area contributed by atoms with E-state index in [9.17, 15) is 18.0 Å². The van der Waals surface area contributed by atoms with Crippen LogP contribution in [-0.4, -0.2) is 56.6 Å². The lowest BCUT2D eigenvalue weighted by atomic mass is 10.1. The van der Waals surface area contributed by atoms with Gasteiger partial charge in [-0.05, 0) is 62.8 Å². The minimum absolute atomic E-state index is 0.0110. The fourth-order valence-corrected chi connectivity index (χ4v) is 5.37. The fraction of sp³-hybridized carbons (Fsp3) is 0.500. The zero-order valence-electron chi connectivity index (χ0n) is 22.5. The van der Waals surface area contributed by atoms with Crippen molar-refractivity contribution in [2.24, 2.45) is 0 Å². The van der Waals surface area contributed by atoms with Gasteiger partial charge in [0.25, 0.3) is 0 Å². The lowest BCUT2D eigenvalue weighted by Crippen LogP contribution is -2.51. The van der Waals surface area contributed by atoms with E-state index in [2.05, 4.69) is 5.32 Å². The van der Waals surface area contributed by atoms with Crippen LogP contribution < -0.4 is 9.62 Å². The fourth-order valence-electron chi connectivity index (χ4n) is 4.19. The topological polar surface area (TPSA) is 86.8 Å². The van der Waals surface area contributed by atoms with Gasteiger partial charge in [0.05, 0.1) is 11.9 Å². The lowest BCUT2D eigenvalue weighted by Gasteiger charge is -2.32. The summed E-state index contributed by atoms with van der Waals surface area (Å²) in [7, 11) is -3.59. The summed E-state index contributed by atoms with van der Waals surface area (Å²) in [6.07, 6.45) is 3.48. The normalized spacial score (nSPS) is 13.0. The van der Waals surface area contributed by atoms with E-state index in [1.807, 2.05) is 51.1 Å².